The zero-order valence-corrected chi connectivity index (χ0v) is 9.06. The smallest absolute Gasteiger partial charge is 0.310 e. The Morgan fingerprint density at radius 2 is 2.21 bits per heavy atom. The van der Waals surface area contributed by atoms with Crippen LogP contribution >= 0.6 is 0 Å². The van der Waals surface area contributed by atoms with Gasteiger partial charge in [0.15, 0.2) is 0 Å². The summed E-state index contributed by atoms with van der Waals surface area (Å²) < 4.78 is 5.24. The molecule has 0 aliphatic carbocycles. The monoisotopic (exact) mass is 201 g/mol. The fraction of sp³-hybridized carbons (Fsp3) is 0.900. The molecule has 1 fully saturated rings. The van der Waals surface area contributed by atoms with Crippen molar-refractivity contribution in [1.82, 2.24) is 4.90 Å². The Labute approximate surface area is 84.8 Å². The van der Waals surface area contributed by atoms with Crippen LogP contribution in [-0.4, -0.2) is 47.8 Å². The van der Waals surface area contributed by atoms with Gasteiger partial charge in [-0.3, -0.25) is 9.69 Å². The van der Waals surface area contributed by atoms with Gasteiger partial charge in [0.1, 0.15) is 0 Å². The predicted molar refractivity (Wildman–Crippen MR) is 53.2 cm³/mol. The van der Waals surface area contributed by atoms with Crippen LogP contribution in [0.1, 0.15) is 20.8 Å². The molecule has 4 nitrogen and oxygen atoms in total. The lowest BCUT2D eigenvalue weighted by Crippen LogP contribution is -2.46. The van der Waals surface area contributed by atoms with E-state index < -0.39 is 5.97 Å². The van der Waals surface area contributed by atoms with Crippen LogP contribution < -0.4 is 0 Å². The Bertz CT molecular complexity index is 206. The Morgan fingerprint density at radius 1 is 1.57 bits per heavy atom. The molecule has 82 valence electrons. The van der Waals surface area contributed by atoms with Crippen molar-refractivity contribution in [1.29, 1.82) is 0 Å². The topological polar surface area (TPSA) is 49.8 Å². The lowest BCUT2D eigenvalue weighted by atomic mass is 10.0. The highest BCUT2D eigenvalue weighted by Gasteiger charge is 2.38. The Hall–Kier alpha value is -0.610. The first kappa shape index (κ1) is 11.5. The van der Waals surface area contributed by atoms with Gasteiger partial charge in [0.05, 0.1) is 19.1 Å². The third-order valence-corrected chi connectivity index (χ3v) is 2.82. The summed E-state index contributed by atoms with van der Waals surface area (Å²) in [5.41, 5.74) is 0. The first-order chi connectivity index (χ1) is 6.57. The molecule has 1 aliphatic rings. The molecule has 1 N–H and O–H groups in total. The summed E-state index contributed by atoms with van der Waals surface area (Å²) in [6, 6.07) is 0.408. The van der Waals surface area contributed by atoms with Gasteiger partial charge in [-0.1, -0.05) is 6.92 Å². The molecule has 0 saturated carbocycles. The van der Waals surface area contributed by atoms with E-state index in [2.05, 4.69) is 25.7 Å². The van der Waals surface area contributed by atoms with Crippen molar-refractivity contribution in [2.24, 2.45) is 5.92 Å². The number of rotatable bonds is 4. The van der Waals surface area contributed by atoms with Crippen molar-refractivity contribution in [3.63, 3.8) is 0 Å². The minimum absolute atomic E-state index is 0.0394. The number of carbonyl (C=O) groups is 1. The van der Waals surface area contributed by atoms with E-state index in [4.69, 9.17) is 9.84 Å². The fourth-order valence-electron chi connectivity index (χ4n) is 2.09. The normalized spacial score (nSPS) is 27.5. The minimum Gasteiger partial charge on any atom is -0.481 e. The van der Waals surface area contributed by atoms with Gasteiger partial charge in [-0.25, -0.2) is 0 Å². The van der Waals surface area contributed by atoms with Crippen molar-refractivity contribution in [2.45, 2.75) is 32.9 Å². The SMILES string of the molecule is CCN(C(C)C)C1COCC1C(=O)O. The molecule has 2 atom stereocenters. The van der Waals surface area contributed by atoms with Crippen molar-refractivity contribution >= 4 is 5.97 Å². The van der Waals surface area contributed by atoms with Gasteiger partial charge in [-0.05, 0) is 20.4 Å². The number of carboxylic acids is 1. The van der Waals surface area contributed by atoms with Crippen LogP contribution in [0.2, 0.25) is 0 Å². The standard InChI is InChI=1S/C10H19NO3/c1-4-11(7(2)3)9-6-14-5-8(9)10(12)13/h7-9H,4-6H2,1-3H3,(H,12,13). The van der Waals surface area contributed by atoms with Gasteiger partial charge < -0.3 is 9.84 Å². The van der Waals surface area contributed by atoms with Crippen LogP contribution in [-0.2, 0) is 9.53 Å². The number of nitrogens with zero attached hydrogens (tertiary/aromatic N) is 1. The second-order valence-electron chi connectivity index (χ2n) is 3.97. The van der Waals surface area contributed by atoms with Crippen LogP contribution in [0.3, 0.4) is 0 Å². The molecule has 0 aromatic heterocycles. The average Bonchev–Trinajstić information content (AvgIpc) is 2.53. The molecule has 4 heteroatoms. The van der Waals surface area contributed by atoms with E-state index in [1.54, 1.807) is 0 Å². The van der Waals surface area contributed by atoms with Crippen molar-refractivity contribution < 1.29 is 14.6 Å². The maximum absolute atomic E-state index is 10.9. The van der Waals surface area contributed by atoms with Gasteiger partial charge >= 0.3 is 5.97 Å². The van der Waals surface area contributed by atoms with Gasteiger partial charge in [-0.2, -0.15) is 0 Å². The van der Waals surface area contributed by atoms with Crippen LogP contribution in [0, 0.1) is 5.92 Å². The fourth-order valence-corrected chi connectivity index (χ4v) is 2.09. The molecule has 1 heterocycles. The third-order valence-electron chi connectivity index (χ3n) is 2.82. The molecule has 2 unspecified atom stereocenters. The van der Waals surface area contributed by atoms with Gasteiger partial charge in [0, 0.05) is 12.1 Å². The van der Waals surface area contributed by atoms with Crippen LogP contribution in [0.15, 0.2) is 0 Å². The largest absolute Gasteiger partial charge is 0.481 e. The average molecular weight is 201 g/mol. The maximum atomic E-state index is 10.9. The van der Waals surface area contributed by atoms with Crippen LogP contribution in [0.25, 0.3) is 0 Å². The van der Waals surface area contributed by atoms with E-state index >= 15 is 0 Å². The molecule has 1 rings (SSSR count). The van der Waals surface area contributed by atoms with Crippen LogP contribution in [0.5, 0.6) is 0 Å². The van der Waals surface area contributed by atoms with Gasteiger partial charge in [-0.15, -0.1) is 0 Å². The summed E-state index contributed by atoms with van der Waals surface area (Å²) in [5.74, 6) is -1.11. The number of aliphatic carboxylic acids is 1. The highest BCUT2D eigenvalue weighted by Crippen LogP contribution is 2.21. The van der Waals surface area contributed by atoms with Gasteiger partial charge in [0.2, 0.25) is 0 Å². The molecular formula is C10H19NO3. The molecule has 1 aliphatic heterocycles. The molecule has 0 aromatic carbocycles. The molecule has 0 amide bonds. The van der Waals surface area contributed by atoms with Gasteiger partial charge in [0.25, 0.3) is 0 Å². The molecule has 14 heavy (non-hydrogen) atoms. The Balaban J connectivity index is 2.69. The molecule has 1 saturated heterocycles. The number of hydrogen-bond acceptors (Lipinski definition) is 3. The Kier molecular flexibility index (Phi) is 3.89. The summed E-state index contributed by atoms with van der Waals surface area (Å²) in [6.45, 7) is 7.99. The van der Waals surface area contributed by atoms with Crippen LogP contribution in [0.4, 0.5) is 0 Å². The van der Waals surface area contributed by atoms with Crippen molar-refractivity contribution in [2.75, 3.05) is 19.8 Å². The zero-order chi connectivity index (χ0) is 10.7. The second-order valence-corrected chi connectivity index (χ2v) is 3.97. The number of ether oxygens (including phenoxy) is 1. The number of carboxylic acid groups (broad SMARTS) is 1. The summed E-state index contributed by atoms with van der Waals surface area (Å²) in [4.78, 5) is 13.1. The molecule has 0 bridgehead atoms. The summed E-state index contributed by atoms with van der Waals surface area (Å²) >= 11 is 0. The van der Waals surface area contributed by atoms with E-state index in [1.807, 2.05) is 0 Å². The van der Waals surface area contributed by atoms with E-state index in [1.165, 1.54) is 0 Å². The second kappa shape index (κ2) is 4.75. The Morgan fingerprint density at radius 3 is 2.64 bits per heavy atom. The third kappa shape index (κ3) is 2.25. The summed E-state index contributed by atoms with van der Waals surface area (Å²) in [7, 11) is 0. The highest BCUT2D eigenvalue weighted by molar-refractivity contribution is 5.71. The maximum Gasteiger partial charge on any atom is 0.310 e. The quantitative estimate of drug-likeness (QED) is 0.731. The lowest BCUT2D eigenvalue weighted by molar-refractivity contribution is -0.143. The van der Waals surface area contributed by atoms with E-state index in [0.717, 1.165) is 6.54 Å². The summed E-state index contributed by atoms with van der Waals surface area (Å²) in [5, 5.41) is 9.00. The zero-order valence-electron chi connectivity index (χ0n) is 9.06. The first-order valence-corrected chi connectivity index (χ1v) is 5.14. The van der Waals surface area contributed by atoms with E-state index in [-0.39, 0.29) is 12.0 Å². The summed E-state index contributed by atoms with van der Waals surface area (Å²) in [6.07, 6.45) is 0. The minimum atomic E-state index is -0.744. The molecule has 0 aromatic rings. The molecule has 0 spiro atoms. The van der Waals surface area contributed by atoms with Crippen molar-refractivity contribution in [3.8, 4) is 0 Å². The predicted octanol–water partition coefficient (Wildman–Crippen LogP) is 0.816. The highest BCUT2D eigenvalue weighted by atomic mass is 16.5. The number of hydrogen-bond donors (Lipinski definition) is 1. The lowest BCUT2D eigenvalue weighted by Gasteiger charge is -2.32. The molecule has 0 radical (unpaired) electrons. The number of likely N-dealkylation sites (N-methyl/N-ethyl adjacent to an activating group) is 1. The first-order valence-electron chi connectivity index (χ1n) is 5.14. The molecular weight excluding hydrogens is 182 g/mol. The van der Waals surface area contributed by atoms with E-state index in [0.29, 0.717) is 19.3 Å². The van der Waals surface area contributed by atoms with Crippen molar-refractivity contribution in [3.05, 3.63) is 0 Å². The van der Waals surface area contributed by atoms with E-state index in [9.17, 15) is 4.79 Å².